The van der Waals surface area contributed by atoms with Crippen molar-refractivity contribution in [2.75, 3.05) is 32.6 Å². The van der Waals surface area contributed by atoms with Crippen molar-refractivity contribution < 1.29 is 9.53 Å². The molecule has 1 aromatic rings. The van der Waals surface area contributed by atoms with E-state index in [1.807, 2.05) is 43.3 Å². The van der Waals surface area contributed by atoms with Crippen LogP contribution in [0.25, 0.3) is 0 Å². The van der Waals surface area contributed by atoms with E-state index in [0.717, 1.165) is 11.3 Å². The van der Waals surface area contributed by atoms with Crippen molar-refractivity contribution in [1.29, 1.82) is 0 Å². The number of nitrogens with zero attached hydrogens (tertiary/aromatic N) is 2. The Balaban J connectivity index is 2.14. The van der Waals surface area contributed by atoms with Gasteiger partial charge in [-0.1, -0.05) is 12.1 Å². The van der Waals surface area contributed by atoms with Gasteiger partial charge in [-0.05, 0) is 17.7 Å². The van der Waals surface area contributed by atoms with E-state index in [-0.39, 0.29) is 12.2 Å². The molecule has 1 saturated heterocycles. The summed E-state index contributed by atoms with van der Waals surface area (Å²) in [4.78, 5) is 14.9. The molecule has 4 nitrogen and oxygen atoms in total. The summed E-state index contributed by atoms with van der Waals surface area (Å²) >= 11 is 0. The van der Waals surface area contributed by atoms with Crippen molar-refractivity contribution in [1.82, 2.24) is 4.90 Å². The number of cyclic esters (lactones) is 1. The lowest BCUT2D eigenvalue weighted by Crippen LogP contribution is -2.17. The summed E-state index contributed by atoms with van der Waals surface area (Å²) < 4.78 is 5.23. The smallest absolute Gasteiger partial charge is 0.410 e. The Morgan fingerprint density at radius 3 is 2.38 bits per heavy atom. The molecule has 4 heteroatoms. The second kappa shape index (κ2) is 4.04. The number of likely N-dealkylation sites (N-methyl/N-ethyl adjacent to an activating group) is 1. The van der Waals surface area contributed by atoms with E-state index < -0.39 is 0 Å². The van der Waals surface area contributed by atoms with Crippen molar-refractivity contribution in [2.24, 2.45) is 0 Å². The third kappa shape index (κ3) is 1.96. The van der Waals surface area contributed by atoms with Gasteiger partial charge in [0.2, 0.25) is 0 Å². The fraction of sp³-hybridized carbons (Fsp3) is 0.417. The molecule has 1 aliphatic rings. The molecule has 1 atom stereocenters. The van der Waals surface area contributed by atoms with Crippen LogP contribution >= 0.6 is 0 Å². The molecule has 1 aliphatic heterocycles. The summed E-state index contributed by atoms with van der Waals surface area (Å²) in [5.74, 6) is 0. The van der Waals surface area contributed by atoms with Gasteiger partial charge in [-0.25, -0.2) is 4.79 Å². The molecule has 1 unspecified atom stereocenters. The number of hydrogen-bond acceptors (Lipinski definition) is 3. The molecule has 86 valence electrons. The van der Waals surface area contributed by atoms with E-state index >= 15 is 0 Å². The number of rotatable bonds is 2. The fourth-order valence-corrected chi connectivity index (χ4v) is 1.73. The summed E-state index contributed by atoms with van der Waals surface area (Å²) in [7, 11) is 5.74. The highest BCUT2D eigenvalue weighted by molar-refractivity contribution is 5.69. The Hall–Kier alpha value is -1.71. The average molecular weight is 220 g/mol. The van der Waals surface area contributed by atoms with E-state index in [2.05, 4.69) is 0 Å². The Bertz CT molecular complexity index is 387. The summed E-state index contributed by atoms with van der Waals surface area (Å²) in [5.41, 5.74) is 2.18. The molecule has 0 saturated carbocycles. The maximum Gasteiger partial charge on any atom is 0.410 e. The lowest BCUT2D eigenvalue weighted by Gasteiger charge is -2.14. The third-order valence-corrected chi connectivity index (χ3v) is 2.78. The molecule has 0 bridgehead atoms. The van der Waals surface area contributed by atoms with Crippen molar-refractivity contribution in [3.05, 3.63) is 29.8 Å². The quantitative estimate of drug-likeness (QED) is 0.762. The highest BCUT2D eigenvalue weighted by atomic mass is 16.6. The summed E-state index contributed by atoms with van der Waals surface area (Å²) in [6.45, 7) is 0.625. The second-order valence-corrected chi connectivity index (χ2v) is 4.24. The third-order valence-electron chi connectivity index (χ3n) is 2.78. The number of amides is 1. The summed E-state index contributed by atoms with van der Waals surface area (Å²) in [6, 6.07) is 8.07. The molecule has 2 rings (SSSR count). The molecule has 16 heavy (non-hydrogen) atoms. The molecule has 0 radical (unpaired) electrons. The first-order chi connectivity index (χ1) is 7.58. The largest absolute Gasteiger partial charge is 0.439 e. The molecule has 0 N–H and O–H groups in total. The predicted octanol–water partition coefficient (Wildman–Crippen LogP) is 1.88. The number of ether oxygens (including phenoxy) is 1. The molecular formula is C12H16N2O2. The molecule has 1 fully saturated rings. The zero-order valence-electron chi connectivity index (χ0n) is 9.80. The van der Waals surface area contributed by atoms with Gasteiger partial charge in [0.25, 0.3) is 0 Å². The molecule has 1 amide bonds. The monoisotopic (exact) mass is 220 g/mol. The van der Waals surface area contributed by atoms with Crippen LogP contribution in [0.4, 0.5) is 10.5 Å². The van der Waals surface area contributed by atoms with Gasteiger partial charge in [-0.2, -0.15) is 0 Å². The maximum absolute atomic E-state index is 11.2. The van der Waals surface area contributed by atoms with Crippen molar-refractivity contribution in [3.63, 3.8) is 0 Å². The van der Waals surface area contributed by atoms with Crippen LogP contribution in [0.1, 0.15) is 11.7 Å². The minimum absolute atomic E-state index is 0.131. The molecule has 0 spiro atoms. The lowest BCUT2D eigenvalue weighted by molar-refractivity contribution is 0.135. The van der Waals surface area contributed by atoms with E-state index in [0.29, 0.717) is 6.54 Å². The first kappa shape index (κ1) is 10.8. The zero-order chi connectivity index (χ0) is 11.7. The van der Waals surface area contributed by atoms with E-state index in [9.17, 15) is 4.79 Å². The van der Waals surface area contributed by atoms with Crippen LogP contribution in [0.2, 0.25) is 0 Å². The number of carbonyl (C=O) groups excluding carboxylic acids is 1. The van der Waals surface area contributed by atoms with Gasteiger partial charge in [0.15, 0.2) is 0 Å². The van der Waals surface area contributed by atoms with Crippen LogP contribution < -0.4 is 4.90 Å². The molecule has 0 aliphatic carbocycles. The van der Waals surface area contributed by atoms with E-state index in [4.69, 9.17) is 4.74 Å². The van der Waals surface area contributed by atoms with Crippen LogP contribution in [-0.4, -0.2) is 38.7 Å². The molecule has 1 heterocycles. The zero-order valence-corrected chi connectivity index (χ0v) is 9.80. The first-order valence-corrected chi connectivity index (χ1v) is 5.27. The van der Waals surface area contributed by atoms with Gasteiger partial charge in [0, 0.05) is 26.8 Å². The standard InChI is InChI=1S/C12H16N2O2/c1-13(2)10-6-4-9(5-7-10)11-8-14(3)12(15)16-11/h4-7,11H,8H2,1-3H3. The number of anilines is 1. The van der Waals surface area contributed by atoms with Gasteiger partial charge in [0.05, 0.1) is 6.54 Å². The molecular weight excluding hydrogens is 204 g/mol. The number of hydrogen-bond donors (Lipinski definition) is 0. The fourth-order valence-electron chi connectivity index (χ4n) is 1.73. The van der Waals surface area contributed by atoms with E-state index in [1.165, 1.54) is 0 Å². The average Bonchev–Trinajstić information content (AvgIpc) is 2.59. The minimum Gasteiger partial charge on any atom is -0.439 e. The van der Waals surface area contributed by atoms with Crippen LogP contribution in [-0.2, 0) is 4.74 Å². The van der Waals surface area contributed by atoms with Crippen LogP contribution in [0.15, 0.2) is 24.3 Å². The van der Waals surface area contributed by atoms with Crippen molar-refractivity contribution in [3.8, 4) is 0 Å². The first-order valence-electron chi connectivity index (χ1n) is 5.27. The van der Waals surface area contributed by atoms with E-state index in [1.54, 1.807) is 11.9 Å². The van der Waals surface area contributed by atoms with Crippen molar-refractivity contribution >= 4 is 11.8 Å². The highest BCUT2D eigenvalue weighted by Gasteiger charge is 2.29. The van der Waals surface area contributed by atoms with Crippen LogP contribution in [0.5, 0.6) is 0 Å². The Morgan fingerprint density at radius 1 is 1.31 bits per heavy atom. The lowest BCUT2D eigenvalue weighted by atomic mass is 10.1. The highest BCUT2D eigenvalue weighted by Crippen LogP contribution is 2.26. The molecule has 0 aromatic heterocycles. The summed E-state index contributed by atoms with van der Waals surface area (Å²) in [5, 5.41) is 0. The Labute approximate surface area is 95.4 Å². The van der Waals surface area contributed by atoms with Gasteiger partial charge >= 0.3 is 6.09 Å². The van der Waals surface area contributed by atoms with Gasteiger partial charge in [-0.15, -0.1) is 0 Å². The number of carbonyl (C=O) groups is 1. The SMILES string of the molecule is CN1CC(c2ccc(N(C)C)cc2)OC1=O. The number of benzene rings is 1. The van der Waals surface area contributed by atoms with Crippen LogP contribution in [0, 0.1) is 0 Å². The Morgan fingerprint density at radius 2 is 1.94 bits per heavy atom. The Kier molecular flexibility index (Phi) is 2.73. The maximum atomic E-state index is 11.2. The topological polar surface area (TPSA) is 32.8 Å². The minimum atomic E-state index is -0.248. The van der Waals surface area contributed by atoms with Gasteiger partial charge in [-0.3, -0.25) is 0 Å². The predicted molar refractivity (Wildman–Crippen MR) is 62.6 cm³/mol. The molecule has 1 aromatic carbocycles. The van der Waals surface area contributed by atoms with Gasteiger partial charge in [0.1, 0.15) is 6.10 Å². The normalized spacial score (nSPS) is 19.8. The van der Waals surface area contributed by atoms with Gasteiger partial charge < -0.3 is 14.5 Å². The summed E-state index contributed by atoms with van der Waals surface area (Å²) in [6.07, 6.45) is -0.379. The van der Waals surface area contributed by atoms with Crippen LogP contribution in [0.3, 0.4) is 0 Å². The van der Waals surface area contributed by atoms with Crippen molar-refractivity contribution in [2.45, 2.75) is 6.10 Å². The second-order valence-electron chi connectivity index (χ2n) is 4.24.